The maximum absolute atomic E-state index is 4.46. The summed E-state index contributed by atoms with van der Waals surface area (Å²) in [6.07, 6.45) is 3.16. The van der Waals surface area contributed by atoms with Crippen molar-refractivity contribution in [2.45, 2.75) is 20.3 Å². The molecule has 94 valence electrons. The molecular weight excluding hydrogens is 250 g/mol. The van der Waals surface area contributed by atoms with Crippen molar-refractivity contribution in [1.29, 1.82) is 0 Å². The van der Waals surface area contributed by atoms with Crippen molar-refractivity contribution in [3.8, 4) is 0 Å². The number of hydrogen-bond acceptors (Lipinski definition) is 2. The van der Waals surface area contributed by atoms with E-state index in [4.69, 9.17) is 0 Å². The summed E-state index contributed by atoms with van der Waals surface area (Å²) >= 11 is 1.91. The number of aryl methyl sites for hydroxylation is 2. The Balaban J connectivity index is 2.28. The molecule has 1 aliphatic rings. The van der Waals surface area contributed by atoms with Gasteiger partial charge in [0.25, 0.3) is 0 Å². The summed E-state index contributed by atoms with van der Waals surface area (Å²) in [7, 11) is 0. The first kappa shape index (κ1) is 11.2. The molecule has 1 aliphatic heterocycles. The van der Waals surface area contributed by atoms with Crippen LogP contribution >= 0.6 is 11.3 Å². The minimum atomic E-state index is 0.931. The Labute approximate surface area is 116 Å². The van der Waals surface area contributed by atoms with Crippen LogP contribution in [0.5, 0.6) is 0 Å². The van der Waals surface area contributed by atoms with E-state index >= 15 is 0 Å². The molecule has 0 saturated heterocycles. The maximum Gasteiger partial charge on any atom is 0.0430 e. The minimum absolute atomic E-state index is 0.931. The summed E-state index contributed by atoms with van der Waals surface area (Å²) in [5, 5.41) is 2.88. The quantitative estimate of drug-likeness (QED) is 0.561. The zero-order valence-electron chi connectivity index (χ0n) is 11.2. The van der Waals surface area contributed by atoms with Gasteiger partial charge >= 0.3 is 0 Å². The van der Waals surface area contributed by atoms with Crippen LogP contribution in [0.3, 0.4) is 0 Å². The molecule has 4 rings (SSSR count). The highest BCUT2D eigenvalue weighted by Gasteiger charge is 2.18. The van der Waals surface area contributed by atoms with Crippen LogP contribution in [0.1, 0.15) is 22.3 Å². The lowest BCUT2D eigenvalue weighted by Gasteiger charge is -2.17. The van der Waals surface area contributed by atoms with Crippen molar-refractivity contribution in [2.75, 3.05) is 6.54 Å². The molecule has 3 aromatic rings. The van der Waals surface area contributed by atoms with E-state index in [0.29, 0.717) is 0 Å². The van der Waals surface area contributed by atoms with E-state index in [-0.39, 0.29) is 0 Å². The van der Waals surface area contributed by atoms with E-state index in [1.807, 2.05) is 11.3 Å². The second-order valence-electron chi connectivity index (χ2n) is 5.23. The van der Waals surface area contributed by atoms with Crippen LogP contribution in [0, 0.1) is 13.8 Å². The molecule has 0 fully saturated rings. The van der Waals surface area contributed by atoms with Crippen LogP contribution in [-0.2, 0) is 6.42 Å². The molecule has 0 aliphatic carbocycles. The lowest BCUT2D eigenvalue weighted by Crippen LogP contribution is -2.07. The van der Waals surface area contributed by atoms with Crippen LogP contribution in [-0.4, -0.2) is 12.8 Å². The average Bonchev–Trinajstić information content (AvgIpc) is 2.84. The van der Waals surface area contributed by atoms with Crippen molar-refractivity contribution in [3.63, 3.8) is 0 Å². The summed E-state index contributed by atoms with van der Waals surface area (Å²) < 4.78 is 2.83. The van der Waals surface area contributed by atoms with Gasteiger partial charge in [0.2, 0.25) is 0 Å². The van der Waals surface area contributed by atoms with E-state index < -0.39 is 0 Å². The van der Waals surface area contributed by atoms with Gasteiger partial charge in [0, 0.05) is 38.5 Å². The summed E-state index contributed by atoms with van der Waals surface area (Å²) in [5.74, 6) is 0. The lowest BCUT2D eigenvalue weighted by atomic mass is 9.90. The number of aliphatic imine (C=N–C) groups is 1. The van der Waals surface area contributed by atoms with Gasteiger partial charge < -0.3 is 0 Å². The fourth-order valence-electron chi connectivity index (χ4n) is 3.21. The van der Waals surface area contributed by atoms with Gasteiger partial charge in [-0.1, -0.05) is 18.2 Å². The van der Waals surface area contributed by atoms with Crippen molar-refractivity contribution in [3.05, 3.63) is 46.5 Å². The van der Waals surface area contributed by atoms with Gasteiger partial charge in [-0.25, -0.2) is 0 Å². The fourth-order valence-corrected chi connectivity index (χ4v) is 4.49. The number of thiophene rings is 1. The fraction of sp³-hybridized carbons (Fsp3) is 0.235. The highest BCUT2D eigenvalue weighted by atomic mass is 32.1. The van der Waals surface area contributed by atoms with E-state index in [1.54, 1.807) is 0 Å². The molecule has 0 spiro atoms. The zero-order chi connectivity index (χ0) is 13.0. The highest BCUT2D eigenvalue weighted by molar-refractivity contribution is 7.26. The molecule has 19 heavy (non-hydrogen) atoms. The van der Waals surface area contributed by atoms with Gasteiger partial charge in [-0.05, 0) is 43.0 Å². The monoisotopic (exact) mass is 265 g/mol. The van der Waals surface area contributed by atoms with Crippen molar-refractivity contribution in [1.82, 2.24) is 0 Å². The summed E-state index contributed by atoms with van der Waals surface area (Å²) in [6, 6.07) is 8.75. The van der Waals surface area contributed by atoms with Gasteiger partial charge in [0.1, 0.15) is 0 Å². The average molecular weight is 265 g/mol. The Bertz CT molecular complexity index is 839. The Morgan fingerprint density at radius 2 is 1.95 bits per heavy atom. The predicted molar refractivity (Wildman–Crippen MR) is 85.0 cm³/mol. The van der Waals surface area contributed by atoms with Gasteiger partial charge in [0.05, 0.1) is 0 Å². The molecule has 2 aromatic carbocycles. The summed E-state index contributed by atoms with van der Waals surface area (Å²) in [4.78, 5) is 4.46. The van der Waals surface area contributed by atoms with E-state index in [2.05, 4.69) is 49.3 Å². The number of nitrogens with zero attached hydrogens (tertiary/aromatic N) is 1. The van der Waals surface area contributed by atoms with Gasteiger partial charge in [-0.2, -0.15) is 0 Å². The molecule has 0 bridgehead atoms. The van der Waals surface area contributed by atoms with Crippen LogP contribution in [0.2, 0.25) is 0 Å². The number of hydrogen-bond donors (Lipinski definition) is 0. The topological polar surface area (TPSA) is 12.4 Å². The zero-order valence-corrected chi connectivity index (χ0v) is 12.0. The molecule has 0 amide bonds. The number of benzene rings is 2. The third-order valence-electron chi connectivity index (χ3n) is 4.20. The lowest BCUT2D eigenvalue weighted by molar-refractivity contribution is 0.942. The first-order valence-electron chi connectivity index (χ1n) is 6.70. The third-order valence-corrected chi connectivity index (χ3v) is 5.49. The van der Waals surface area contributed by atoms with E-state index in [0.717, 1.165) is 13.0 Å². The van der Waals surface area contributed by atoms with E-state index in [9.17, 15) is 0 Å². The Morgan fingerprint density at radius 1 is 1.11 bits per heavy atom. The highest BCUT2D eigenvalue weighted by Crippen LogP contribution is 2.41. The van der Waals surface area contributed by atoms with Crippen LogP contribution in [0.25, 0.3) is 20.2 Å². The van der Waals surface area contributed by atoms with E-state index in [1.165, 1.54) is 42.4 Å². The smallest absolute Gasteiger partial charge is 0.0430 e. The Hall–Kier alpha value is -1.67. The van der Waals surface area contributed by atoms with Gasteiger partial charge in [0.15, 0.2) is 0 Å². The normalized spacial score (nSPS) is 14.2. The van der Waals surface area contributed by atoms with Gasteiger partial charge in [-0.15, -0.1) is 11.3 Å². The Morgan fingerprint density at radius 3 is 2.84 bits per heavy atom. The SMILES string of the molecule is Cc1c2c(c(C)c3c1sc1ccccc13)CCN=C2. The van der Waals surface area contributed by atoms with Gasteiger partial charge in [-0.3, -0.25) is 4.99 Å². The molecule has 2 heteroatoms. The van der Waals surface area contributed by atoms with Crippen LogP contribution in [0.4, 0.5) is 0 Å². The molecule has 0 N–H and O–H groups in total. The molecular formula is C17H15NS. The standard InChI is InChI=1S/C17H15NS/c1-10-12-7-8-18-9-14(12)11(2)17-16(10)13-5-3-4-6-15(13)19-17/h3-6,9H,7-8H2,1-2H3. The first-order valence-corrected chi connectivity index (χ1v) is 7.52. The number of rotatable bonds is 0. The predicted octanol–water partition coefficient (Wildman–Crippen LogP) is 4.65. The van der Waals surface area contributed by atoms with Crippen LogP contribution < -0.4 is 0 Å². The summed E-state index contributed by atoms with van der Waals surface area (Å²) in [6.45, 7) is 5.45. The maximum atomic E-state index is 4.46. The second kappa shape index (κ2) is 3.91. The van der Waals surface area contributed by atoms with Crippen molar-refractivity contribution >= 4 is 37.7 Å². The molecule has 1 aromatic heterocycles. The van der Waals surface area contributed by atoms with Crippen molar-refractivity contribution < 1.29 is 0 Å². The third kappa shape index (κ3) is 1.44. The second-order valence-corrected chi connectivity index (χ2v) is 6.28. The Kier molecular flexibility index (Phi) is 2.30. The van der Waals surface area contributed by atoms with Crippen LogP contribution in [0.15, 0.2) is 29.3 Å². The molecule has 0 unspecified atom stereocenters. The minimum Gasteiger partial charge on any atom is -0.292 e. The molecule has 0 radical (unpaired) electrons. The van der Waals surface area contributed by atoms with Crippen molar-refractivity contribution in [2.24, 2.45) is 4.99 Å². The molecule has 0 saturated carbocycles. The molecule has 1 nitrogen and oxygen atoms in total. The molecule has 2 heterocycles. The molecule has 0 atom stereocenters. The first-order chi connectivity index (χ1) is 9.27. The number of fused-ring (bicyclic) bond motifs is 4. The largest absolute Gasteiger partial charge is 0.292 e. The summed E-state index contributed by atoms with van der Waals surface area (Å²) in [5.41, 5.74) is 5.73.